The highest BCUT2D eigenvalue weighted by Gasteiger charge is 2.13. The van der Waals surface area contributed by atoms with Crippen molar-refractivity contribution < 1.29 is 14.1 Å². The van der Waals surface area contributed by atoms with Crippen LogP contribution in [0.4, 0.5) is 15.9 Å². The number of anilines is 1. The number of hydrogen-bond donors (Lipinski definition) is 1. The lowest BCUT2D eigenvalue weighted by atomic mass is 10.2. The predicted octanol–water partition coefficient (Wildman–Crippen LogP) is 4.92. The van der Waals surface area contributed by atoms with Crippen LogP contribution in [0.1, 0.15) is 11.1 Å². The van der Waals surface area contributed by atoms with Gasteiger partial charge in [-0.05, 0) is 42.0 Å². The molecule has 0 amide bonds. The van der Waals surface area contributed by atoms with Crippen LogP contribution in [0.5, 0.6) is 5.75 Å². The maximum Gasteiger partial charge on any atom is 0.313 e. The number of nitro groups is 1. The number of rotatable bonds is 7. The Morgan fingerprint density at radius 2 is 2.11 bits per heavy atom. The van der Waals surface area contributed by atoms with Gasteiger partial charge in [0.2, 0.25) is 5.82 Å². The fraction of sp³-hybridized carbons (Fsp3) is 0.0526. The third kappa shape index (κ3) is 5.10. The maximum atomic E-state index is 13.3. The molecule has 1 N–H and O–H groups in total. The van der Waals surface area contributed by atoms with Gasteiger partial charge in [0.15, 0.2) is 0 Å². The van der Waals surface area contributed by atoms with Gasteiger partial charge in [0, 0.05) is 22.3 Å². The van der Waals surface area contributed by atoms with Gasteiger partial charge in [0.05, 0.1) is 11.1 Å². The summed E-state index contributed by atoms with van der Waals surface area (Å²) in [5, 5.41) is 15.0. The summed E-state index contributed by atoms with van der Waals surface area (Å²) in [5.74, 6) is 0.217. The van der Waals surface area contributed by atoms with Crippen molar-refractivity contribution >= 4 is 33.6 Å². The van der Waals surface area contributed by atoms with E-state index in [9.17, 15) is 14.5 Å². The molecule has 0 saturated carbocycles. The highest BCUT2D eigenvalue weighted by Crippen LogP contribution is 2.24. The topological polar surface area (TPSA) is 89.7 Å². The first-order chi connectivity index (χ1) is 13.5. The summed E-state index contributed by atoms with van der Waals surface area (Å²) in [6.45, 7) is 0.180. The Hall–Kier alpha value is -3.33. The van der Waals surface area contributed by atoms with Crippen LogP contribution in [0.3, 0.4) is 0 Å². The summed E-state index contributed by atoms with van der Waals surface area (Å²) in [5.41, 5.74) is 3.69. The molecule has 1 aromatic heterocycles. The van der Waals surface area contributed by atoms with Crippen LogP contribution in [-0.2, 0) is 6.61 Å². The fourth-order valence-corrected chi connectivity index (χ4v) is 2.71. The molecule has 28 heavy (non-hydrogen) atoms. The summed E-state index contributed by atoms with van der Waals surface area (Å²) in [4.78, 5) is 14.4. The summed E-state index contributed by atoms with van der Waals surface area (Å²) in [7, 11) is 0. The predicted molar refractivity (Wildman–Crippen MR) is 107 cm³/mol. The van der Waals surface area contributed by atoms with Crippen LogP contribution in [0.25, 0.3) is 0 Å². The van der Waals surface area contributed by atoms with E-state index in [-0.39, 0.29) is 23.9 Å². The lowest BCUT2D eigenvalue weighted by molar-refractivity contribution is -0.384. The first kappa shape index (κ1) is 19.4. The number of ether oxygens (including phenoxy) is 1. The van der Waals surface area contributed by atoms with E-state index < -0.39 is 4.92 Å². The molecule has 7 nitrogen and oxygen atoms in total. The van der Waals surface area contributed by atoms with Gasteiger partial charge in [-0.25, -0.2) is 9.37 Å². The third-order valence-corrected chi connectivity index (χ3v) is 4.11. The summed E-state index contributed by atoms with van der Waals surface area (Å²) in [6, 6.07) is 14.3. The molecule has 0 saturated heterocycles. The van der Waals surface area contributed by atoms with Crippen LogP contribution in [0, 0.1) is 15.9 Å². The number of pyridine rings is 1. The number of nitrogens with one attached hydrogen (secondary N) is 1. The van der Waals surface area contributed by atoms with E-state index in [1.54, 1.807) is 30.3 Å². The first-order valence-corrected chi connectivity index (χ1v) is 8.87. The zero-order valence-corrected chi connectivity index (χ0v) is 16.0. The molecule has 0 atom stereocenters. The molecule has 3 aromatic rings. The van der Waals surface area contributed by atoms with Crippen molar-refractivity contribution in [1.82, 2.24) is 4.98 Å². The number of hydrogen-bond acceptors (Lipinski definition) is 6. The third-order valence-electron chi connectivity index (χ3n) is 3.61. The van der Waals surface area contributed by atoms with E-state index in [1.807, 2.05) is 0 Å². The molecule has 142 valence electrons. The van der Waals surface area contributed by atoms with Gasteiger partial charge in [-0.1, -0.05) is 28.1 Å². The minimum absolute atomic E-state index is 0.0287. The van der Waals surface area contributed by atoms with Gasteiger partial charge in [-0.15, -0.1) is 0 Å². The zero-order valence-electron chi connectivity index (χ0n) is 14.4. The van der Waals surface area contributed by atoms with Crippen molar-refractivity contribution in [3.8, 4) is 5.75 Å². The quantitative estimate of drug-likeness (QED) is 0.317. The van der Waals surface area contributed by atoms with Crippen LogP contribution in [-0.4, -0.2) is 16.1 Å². The number of hydrazone groups is 1. The van der Waals surface area contributed by atoms with E-state index in [4.69, 9.17) is 4.74 Å². The van der Waals surface area contributed by atoms with Crippen molar-refractivity contribution in [2.24, 2.45) is 5.10 Å². The molecule has 3 rings (SSSR count). The standard InChI is InChI=1S/C19H14BrFN4O3/c20-15-6-7-18(28-12-13-3-1-4-16(21)9-13)14(10-15)11-23-24-19-17(25(26)27)5-2-8-22-19/h1-11H,12H2,(H,22,24)/b23-11-. The molecule has 0 radical (unpaired) electrons. The van der Waals surface area contributed by atoms with Crippen LogP contribution >= 0.6 is 15.9 Å². The number of benzene rings is 2. The molecule has 1 heterocycles. The Morgan fingerprint density at radius 3 is 2.89 bits per heavy atom. The minimum atomic E-state index is -0.544. The summed E-state index contributed by atoms with van der Waals surface area (Å²) in [6.07, 6.45) is 2.89. The van der Waals surface area contributed by atoms with Gasteiger partial charge in [-0.2, -0.15) is 5.10 Å². The second-order valence-electron chi connectivity index (χ2n) is 5.60. The van der Waals surface area contributed by atoms with Crippen molar-refractivity contribution in [1.29, 1.82) is 0 Å². The highest BCUT2D eigenvalue weighted by atomic mass is 79.9. The lowest BCUT2D eigenvalue weighted by Gasteiger charge is -2.10. The van der Waals surface area contributed by atoms with Crippen molar-refractivity contribution in [3.05, 3.63) is 92.3 Å². The second-order valence-corrected chi connectivity index (χ2v) is 6.51. The Kier molecular flexibility index (Phi) is 6.28. The van der Waals surface area contributed by atoms with Gasteiger partial charge >= 0.3 is 5.69 Å². The second kappa shape index (κ2) is 9.05. The van der Waals surface area contributed by atoms with Gasteiger partial charge in [0.25, 0.3) is 0 Å². The molecule has 0 unspecified atom stereocenters. The van der Waals surface area contributed by atoms with Gasteiger partial charge < -0.3 is 4.74 Å². The van der Waals surface area contributed by atoms with Crippen molar-refractivity contribution in [3.63, 3.8) is 0 Å². The smallest absolute Gasteiger partial charge is 0.313 e. The zero-order chi connectivity index (χ0) is 19.9. The Morgan fingerprint density at radius 1 is 1.25 bits per heavy atom. The first-order valence-electron chi connectivity index (χ1n) is 8.08. The maximum absolute atomic E-state index is 13.3. The van der Waals surface area contributed by atoms with E-state index in [2.05, 4.69) is 31.4 Å². The SMILES string of the molecule is O=[N+]([O-])c1cccnc1N/N=C\c1cc(Br)ccc1OCc1cccc(F)c1. The fourth-order valence-electron chi connectivity index (χ4n) is 2.33. The van der Waals surface area contributed by atoms with Crippen LogP contribution < -0.4 is 10.2 Å². The largest absolute Gasteiger partial charge is 0.488 e. The molecule has 0 aliphatic heterocycles. The average Bonchev–Trinajstić information content (AvgIpc) is 2.67. The van der Waals surface area contributed by atoms with E-state index in [0.29, 0.717) is 16.9 Å². The summed E-state index contributed by atoms with van der Waals surface area (Å²) >= 11 is 3.38. The van der Waals surface area contributed by atoms with Gasteiger partial charge in [-0.3, -0.25) is 15.5 Å². The number of nitrogens with zero attached hydrogens (tertiary/aromatic N) is 3. The number of halogens is 2. The minimum Gasteiger partial charge on any atom is -0.488 e. The van der Waals surface area contributed by atoms with Crippen LogP contribution in [0.2, 0.25) is 0 Å². The van der Waals surface area contributed by atoms with E-state index >= 15 is 0 Å². The van der Waals surface area contributed by atoms with Crippen molar-refractivity contribution in [2.45, 2.75) is 6.61 Å². The number of aromatic nitrogens is 1. The van der Waals surface area contributed by atoms with Crippen molar-refractivity contribution in [2.75, 3.05) is 5.43 Å². The Balaban J connectivity index is 1.75. The van der Waals surface area contributed by atoms with Gasteiger partial charge in [0.1, 0.15) is 18.2 Å². The summed E-state index contributed by atoms with van der Waals surface area (Å²) < 4.78 is 19.9. The van der Waals surface area contributed by atoms with E-state index in [1.165, 1.54) is 36.7 Å². The Labute approximate surface area is 168 Å². The van der Waals surface area contributed by atoms with Crippen LogP contribution in [0.15, 0.2) is 70.4 Å². The molecule has 0 fully saturated rings. The monoisotopic (exact) mass is 444 g/mol. The van der Waals surface area contributed by atoms with E-state index in [0.717, 1.165) is 4.47 Å². The molecule has 9 heteroatoms. The molecule has 0 aliphatic rings. The average molecular weight is 445 g/mol. The Bertz CT molecular complexity index is 1030. The molecule has 0 aliphatic carbocycles. The lowest BCUT2D eigenvalue weighted by Crippen LogP contribution is -2.01. The highest BCUT2D eigenvalue weighted by molar-refractivity contribution is 9.10. The normalized spacial score (nSPS) is 10.8. The molecule has 0 spiro atoms. The molecule has 2 aromatic carbocycles. The molecule has 0 bridgehead atoms. The molecular formula is C19H14BrFN4O3. The molecular weight excluding hydrogens is 431 g/mol.